The van der Waals surface area contributed by atoms with E-state index in [9.17, 15) is 9.90 Å². The summed E-state index contributed by atoms with van der Waals surface area (Å²) in [5.41, 5.74) is 0.450. The molecule has 0 fully saturated rings. The number of rotatable bonds is 4. The molecule has 2 N–H and O–H groups in total. The Morgan fingerprint density at radius 3 is 2.47 bits per heavy atom. The Bertz CT molecular complexity index is 310. The number of hydrogen-bond acceptors (Lipinski definition) is 4. The van der Waals surface area contributed by atoms with Crippen molar-refractivity contribution in [2.75, 3.05) is 0 Å². The van der Waals surface area contributed by atoms with Crippen LogP contribution in [-0.4, -0.2) is 22.5 Å². The second-order valence-electron chi connectivity index (χ2n) is 3.11. The fourth-order valence-corrected chi connectivity index (χ4v) is 1.05. The van der Waals surface area contributed by atoms with Gasteiger partial charge in [0.05, 0.1) is 0 Å². The molecule has 0 radical (unpaired) electrons. The second kappa shape index (κ2) is 5.48. The van der Waals surface area contributed by atoms with Crippen LogP contribution >= 0.6 is 0 Å². The average molecular weight is 210 g/mol. The van der Waals surface area contributed by atoms with Crippen molar-refractivity contribution in [1.29, 1.82) is 0 Å². The van der Waals surface area contributed by atoms with Gasteiger partial charge in [0.25, 0.3) is 0 Å². The molecule has 2 atom stereocenters. The van der Waals surface area contributed by atoms with Gasteiger partial charge in [-0.15, -0.1) is 0 Å². The molecule has 4 heteroatoms. The van der Waals surface area contributed by atoms with E-state index in [0.29, 0.717) is 12.0 Å². The first-order chi connectivity index (χ1) is 7.15. The molecule has 0 aliphatic heterocycles. The van der Waals surface area contributed by atoms with E-state index in [2.05, 4.69) is 4.74 Å². The SMILES string of the molecule is CCC(O)OC(=O)C(O)c1ccccc1. The summed E-state index contributed by atoms with van der Waals surface area (Å²) in [6.45, 7) is 1.67. The molecule has 1 rings (SSSR count). The number of ether oxygens (including phenoxy) is 1. The van der Waals surface area contributed by atoms with Crippen molar-refractivity contribution >= 4 is 5.97 Å². The first kappa shape index (κ1) is 11.7. The summed E-state index contributed by atoms with van der Waals surface area (Å²) in [7, 11) is 0. The lowest BCUT2D eigenvalue weighted by molar-refractivity contribution is -0.178. The van der Waals surface area contributed by atoms with Gasteiger partial charge in [0.15, 0.2) is 12.4 Å². The third-order valence-electron chi connectivity index (χ3n) is 1.94. The van der Waals surface area contributed by atoms with Gasteiger partial charge in [-0.3, -0.25) is 0 Å². The van der Waals surface area contributed by atoms with E-state index >= 15 is 0 Å². The van der Waals surface area contributed by atoms with Crippen molar-refractivity contribution in [3.05, 3.63) is 35.9 Å². The van der Waals surface area contributed by atoms with Crippen molar-refractivity contribution in [3.63, 3.8) is 0 Å². The highest BCUT2D eigenvalue weighted by Crippen LogP contribution is 2.14. The normalized spacial score (nSPS) is 14.3. The molecule has 0 aliphatic rings. The van der Waals surface area contributed by atoms with Crippen LogP contribution in [0.3, 0.4) is 0 Å². The van der Waals surface area contributed by atoms with E-state index < -0.39 is 18.4 Å². The predicted molar refractivity (Wildman–Crippen MR) is 53.8 cm³/mol. The van der Waals surface area contributed by atoms with Crippen LogP contribution in [-0.2, 0) is 9.53 Å². The minimum absolute atomic E-state index is 0.299. The topological polar surface area (TPSA) is 66.8 Å². The van der Waals surface area contributed by atoms with E-state index in [4.69, 9.17) is 5.11 Å². The number of carbonyl (C=O) groups excluding carboxylic acids is 1. The van der Waals surface area contributed by atoms with Gasteiger partial charge >= 0.3 is 5.97 Å². The molecule has 1 aromatic carbocycles. The number of aliphatic hydroxyl groups excluding tert-OH is 2. The molecule has 15 heavy (non-hydrogen) atoms. The van der Waals surface area contributed by atoms with E-state index in [0.717, 1.165) is 0 Å². The van der Waals surface area contributed by atoms with Gasteiger partial charge < -0.3 is 14.9 Å². The number of carbonyl (C=O) groups is 1. The molecule has 0 saturated carbocycles. The lowest BCUT2D eigenvalue weighted by Gasteiger charge is -2.13. The fourth-order valence-electron chi connectivity index (χ4n) is 1.05. The molecule has 0 aromatic heterocycles. The second-order valence-corrected chi connectivity index (χ2v) is 3.11. The summed E-state index contributed by atoms with van der Waals surface area (Å²) in [4.78, 5) is 11.3. The van der Waals surface area contributed by atoms with Gasteiger partial charge in [0.1, 0.15) is 0 Å². The molecule has 0 aliphatic carbocycles. The van der Waals surface area contributed by atoms with E-state index in [-0.39, 0.29) is 0 Å². The minimum atomic E-state index is -1.34. The maximum Gasteiger partial charge on any atom is 0.341 e. The Hall–Kier alpha value is -1.39. The number of benzene rings is 1. The lowest BCUT2D eigenvalue weighted by Crippen LogP contribution is -2.22. The lowest BCUT2D eigenvalue weighted by atomic mass is 10.1. The van der Waals surface area contributed by atoms with Crippen LogP contribution in [0.2, 0.25) is 0 Å². The van der Waals surface area contributed by atoms with Crippen LogP contribution in [0.1, 0.15) is 25.0 Å². The first-order valence-corrected chi connectivity index (χ1v) is 4.76. The molecule has 0 spiro atoms. The third kappa shape index (κ3) is 3.34. The van der Waals surface area contributed by atoms with E-state index in [1.807, 2.05) is 0 Å². The van der Waals surface area contributed by atoms with Gasteiger partial charge in [-0.05, 0) is 5.56 Å². The summed E-state index contributed by atoms with van der Waals surface area (Å²) in [6.07, 6.45) is -2.20. The quantitative estimate of drug-likeness (QED) is 0.574. The van der Waals surface area contributed by atoms with Gasteiger partial charge in [0, 0.05) is 6.42 Å². The van der Waals surface area contributed by atoms with E-state index in [1.54, 1.807) is 37.3 Å². The zero-order valence-corrected chi connectivity index (χ0v) is 8.46. The Kier molecular flexibility index (Phi) is 4.27. The smallest absolute Gasteiger partial charge is 0.341 e. The number of hydrogen-bond donors (Lipinski definition) is 2. The molecule has 0 saturated heterocycles. The molecule has 0 bridgehead atoms. The predicted octanol–water partition coefficient (Wildman–Crippen LogP) is 0.992. The van der Waals surface area contributed by atoms with Gasteiger partial charge in [0.2, 0.25) is 0 Å². The average Bonchev–Trinajstić information content (AvgIpc) is 2.29. The van der Waals surface area contributed by atoms with E-state index in [1.165, 1.54) is 0 Å². The van der Waals surface area contributed by atoms with Crippen molar-refractivity contribution in [1.82, 2.24) is 0 Å². The highest BCUT2D eigenvalue weighted by Gasteiger charge is 2.20. The maximum absolute atomic E-state index is 11.3. The van der Waals surface area contributed by atoms with Crippen molar-refractivity contribution in [2.24, 2.45) is 0 Å². The monoisotopic (exact) mass is 210 g/mol. The summed E-state index contributed by atoms with van der Waals surface area (Å²) in [5.74, 6) is -0.837. The van der Waals surface area contributed by atoms with Crippen LogP contribution in [0.25, 0.3) is 0 Å². The maximum atomic E-state index is 11.3. The summed E-state index contributed by atoms with van der Waals surface area (Å²) < 4.78 is 4.58. The van der Waals surface area contributed by atoms with Gasteiger partial charge in [-0.1, -0.05) is 37.3 Å². The van der Waals surface area contributed by atoms with Crippen LogP contribution in [0.15, 0.2) is 30.3 Å². The fraction of sp³-hybridized carbons (Fsp3) is 0.364. The standard InChI is InChI=1S/C11H14O4/c1-2-9(12)15-11(14)10(13)8-6-4-3-5-7-8/h3-7,9-10,12-13H,2H2,1H3. The zero-order valence-electron chi connectivity index (χ0n) is 8.46. The highest BCUT2D eigenvalue weighted by atomic mass is 16.6. The zero-order chi connectivity index (χ0) is 11.3. The molecular formula is C11H14O4. The Morgan fingerprint density at radius 1 is 1.33 bits per heavy atom. The summed E-state index contributed by atoms with van der Waals surface area (Å²) >= 11 is 0. The van der Waals surface area contributed by atoms with Crippen molar-refractivity contribution in [2.45, 2.75) is 25.7 Å². The number of esters is 1. The van der Waals surface area contributed by atoms with Crippen LogP contribution in [0.5, 0.6) is 0 Å². The summed E-state index contributed by atoms with van der Waals surface area (Å²) in [5, 5.41) is 18.6. The Labute approximate surface area is 88.1 Å². The van der Waals surface area contributed by atoms with Gasteiger partial charge in [-0.2, -0.15) is 0 Å². The molecule has 0 amide bonds. The third-order valence-corrected chi connectivity index (χ3v) is 1.94. The molecular weight excluding hydrogens is 196 g/mol. The summed E-state index contributed by atoms with van der Waals surface area (Å²) in [6, 6.07) is 8.43. The van der Waals surface area contributed by atoms with Crippen LogP contribution < -0.4 is 0 Å². The molecule has 0 heterocycles. The Balaban J connectivity index is 2.61. The van der Waals surface area contributed by atoms with Crippen molar-refractivity contribution < 1.29 is 19.7 Å². The number of aliphatic hydroxyl groups is 2. The molecule has 1 aromatic rings. The Morgan fingerprint density at radius 2 is 1.93 bits per heavy atom. The van der Waals surface area contributed by atoms with Crippen molar-refractivity contribution in [3.8, 4) is 0 Å². The minimum Gasteiger partial charge on any atom is -0.434 e. The van der Waals surface area contributed by atoms with Gasteiger partial charge in [-0.25, -0.2) is 4.79 Å². The molecule has 2 unspecified atom stereocenters. The highest BCUT2D eigenvalue weighted by molar-refractivity contribution is 5.76. The molecule has 82 valence electrons. The van der Waals surface area contributed by atoms with Crippen LogP contribution in [0.4, 0.5) is 0 Å². The molecule has 4 nitrogen and oxygen atoms in total. The first-order valence-electron chi connectivity index (χ1n) is 4.76. The largest absolute Gasteiger partial charge is 0.434 e. The van der Waals surface area contributed by atoms with Crippen LogP contribution in [0, 0.1) is 0 Å².